The molecule has 2 aliphatic rings. The number of carboxylic acid groups (broad SMARTS) is 1. The minimum Gasteiger partial charge on any atom is -0.481 e. The summed E-state index contributed by atoms with van der Waals surface area (Å²) in [5.41, 5.74) is 2.70. The third-order valence-electron chi connectivity index (χ3n) is 5.46. The summed E-state index contributed by atoms with van der Waals surface area (Å²) in [6.45, 7) is 0.530. The smallest absolute Gasteiger partial charge is 0.303 e. The van der Waals surface area contributed by atoms with Crippen molar-refractivity contribution in [2.45, 2.75) is 18.9 Å². The molecule has 2 N–H and O–H groups in total. The topological polar surface area (TPSA) is 107 Å². The molecule has 2 aromatic rings. The predicted molar refractivity (Wildman–Crippen MR) is 109 cm³/mol. The molecule has 8 nitrogen and oxygen atoms in total. The molecule has 0 aliphatic carbocycles. The molecule has 8 heteroatoms. The van der Waals surface area contributed by atoms with Crippen LogP contribution in [0.3, 0.4) is 0 Å². The van der Waals surface area contributed by atoms with E-state index in [1.807, 2.05) is 36.4 Å². The molecule has 0 saturated carbocycles. The van der Waals surface area contributed by atoms with Crippen molar-refractivity contribution in [1.29, 1.82) is 0 Å². The predicted octanol–water partition coefficient (Wildman–Crippen LogP) is 1.82. The van der Waals surface area contributed by atoms with Crippen molar-refractivity contribution in [2.75, 3.05) is 25.0 Å². The number of aliphatic carboxylic acids is 1. The molecule has 1 saturated heterocycles. The number of nitrogens with one attached hydrogen (secondary N) is 1. The molecular formula is C22H21N3O5. The van der Waals surface area contributed by atoms with Crippen molar-refractivity contribution < 1.29 is 24.3 Å². The first-order chi connectivity index (χ1) is 14.4. The van der Waals surface area contributed by atoms with Gasteiger partial charge in [0.2, 0.25) is 11.8 Å². The quantitative estimate of drug-likeness (QED) is 0.804. The molecule has 3 amide bonds. The standard InChI is InChI=1S/C22H21N3O5/c26-19(8-9-20(27)28)24-10-11-25-18(13-24)21(29)23-17-7-6-15(12-16(17)22(25)30)14-4-2-1-3-5-14/h1-7,12,18H,8-11,13H2,(H,23,29)(H,27,28). The van der Waals surface area contributed by atoms with Crippen LogP contribution in [0.1, 0.15) is 23.2 Å². The fourth-order valence-electron chi connectivity index (χ4n) is 3.86. The van der Waals surface area contributed by atoms with E-state index < -0.39 is 12.0 Å². The minimum absolute atomic E-state index is 0.0511. The first kappa shape index (κ1) is 19.6. The Morgan fingerprint density at radius 2 is 1.77 bits per heavy atom. The lowest BCUT2D eigenvalue weighted by molar-refractivity contribution is -0.142. The second kappa shape index (κ2) is 7.98. The van der Waals surface area contributed by atoms with Gasteiger partial charge in [-0.05, 0) is 23.3 Å². The number of amides is 3. The zero-order valence-corrected chi connectivity index (χ0v) is 16.2. The van der Waals surface area contributed by atoms with Gasteiger partial charge in [-0.1, -0.05) is 36.4 Å². The van der Waals surface area contributed by atoms with Crippen LogP contribution >= 0.6 is 0 Å². The van der Waals surface area contributed by atoms with E-state index in [2.05, 4.69) is 5.32 Å². The largest absolute Gasteiger partial charge is 0.481 e. The van der Waals surface area contributed by atoms with Crippen LogP contribution in [-0.2, 0) is 14.4 Å². The number of rotatable bonds is 4. The Balaban J connectivity index is 1.58. The van der Waals surface area contributed by atoms with E-state index in [0.29, 0.717) is 11.3 Å². The third-order valence-corrected chi connectivity index (χ3v) is 5.46. The molecule has 0 bridgehead atoms. The van der Waals surface area contributed by atoms with Gasteiger partial charge in [-0.15, -0.1) is 0 Å². The van der Waals surface area contributed by atoms with Gasteiger partial charge in [0.25, 0.3) is 5.91 Å². The van der Waals surface area contributed by atoms with Crippen molar-refractivity contribution in [1.82, 2.24) is 9.80 Å². The number of hydrogen-bond acceptors (Lipinski definition) is 4. The molecule has 154 valence electrons. The van der Waals surface area contributed by atoms with Gasteiger partial charge in [0, 0.05) is 19.5 Å². The molecule has 0 spiro atoms. The average molecular weight is 407 g/mol. The molecule has 0 aromatic heterocycles. The van der Waals surface area contributed by atoms with Crippen molar-refractivity contribution >= 4 is 29.4 Å². The Labute approximate surface area is 173 Å². The zero-order valence-electron chi connectivity index (χ0n) is 16.2. The first-order valence-electron chi connectivity index (χ1n) is 9.75. The van der Waals surface area contributed by atoms with Crippen molar-refractivity contribution in [3.05, 3.63) is 54.1 Å². The van der Waals surface area contributed by atoms with E-state index in [1.54, 1.807) is 12.1 Å². The number of anilines is 1. The Bertz CT molecular complexity index is 1020. The van der Waals surface area contributed by atoms with Gasteiger partial charge in [0.1, 0.15) is 6.04 Å². The van der Waals surface area contributed by atoms with Gasteiger partial charge < -0.3 is 20.2 Å². The fourth-order valence-corrected chi connectivity index (χ4v) is 3.86. The van der Waals surface area contributed by atoms with Gasteiger partial charge in [-0.2, -0.15) is 0 Å². The number of benzene rings is 2. The molecule has 1 atom stereocenters. The monoisotopic (exact) mass is 407 g/mol. The number of carbonyl (C=O) groups excluding carboxylic acids is 3. The number of carbonyl (C=O) groups is 4. The van der Waals surface area contributed by atoms with Crippen LogP contribution in [0.15, 0.2) is 48.5 Å². The van der Waals surface area contributed by atoms with Gasteiger partial charge in [-0.25, -0.2) is 0 Å². The number of hydrogen-bond donors (Lipinski definition) is 2. The number of nitrogens with zero attached hydrogens (tertiary/aromatic N) is 2. The Morgan fingerprint density at radius 1 is 1.00 bits per heavy atom. The van der Waals surface area contributed by atoms with Crippen LogP contribution < -0.4 is 5.32 Å². The van der Waals surface area contributed by atoms with E-state index in [9.17, 15) is 19.2 Å². The van der Waals surface area contributed by atoms with Gasteiger partial charge in [0.15, 0.2) is 0 Å². The Morgan fingerprint density at radius 3 is 2.50 bits per heavy atom. The average Bonchev–Trinajstić information content (AvgIpc) is 2.86. The lowest BCUT2D eigenvalue weighted by Gasteiger charge is -2.39. The van der Waals surface area contributed by atoms with Gasteiger partial charge >= 0.3 is 5.97 Å². The summed E-state index contributed by atoms with van der Waals surface area (Å²) in [6.07, 6.45) is -0.388. The lowest BCUT2D eigenvalue weighted by atomic mass is 10.0. The van der Waals surface area contributed by atoms with Crippen molar-refractivity contribution in [2.24, 2.45) is 0 Å². The summed E-state index contributed by atoms with van der Waals surface area (Å²) in [5.74, 6) is -1.99. The van der Waals surface area contributed by atoms with E-state index >= 15 is 0 Å². The molecule has 2 aromatic carbocycles. The number of piperazine rings is 1. The molecule has 0 radical (unpaired) electrons. The summed E-state index contributed by atoms with van der Waals surface area (Å²) in [5, 5.41) is 11.6. The minimum atomic E-state index is -1.05. The van der Waals surface area contributed by atoms with E-state index in [4.69, 9.17) is 5.11 Å². The van der Waals surface area contributed by atoms with Crippen LogP contribution in [0, 0.1) is 0 Å². The highest BCUT2D eigenvalue weighted by atomic mass is 16.4. The SMILES string of the molecule is O=C(O)CCC(=O)N1CCN2C(=O)c3cc(-c4ccccc4)ccc3NC(=O)C2C1. The number of carboxylic acids is 1. The first-order valence-corrected chi connectivity index (χ1v) is 9.75. The summed E-state index contributed by atoms with van der Waals surface area (Å²) < 4.78 is 0. The van der Waals surface area contributed by atoms with Crippen molar-refractivity contribution in [3.8, 4) is 11.1 Å². The Hall–Kier alpha value is -3.68. The van der Waals surface area contributed by atoms with Gasteiger partial charge in [-0.3, -0.25) is 19.2 Å². The van der Waals surface area contributed by atoms with Crippen LogP contribution in [0.5, 0.6) is 0 Å². The molecule has 1 unspecified atom stereocenters. The summed E-state index contributed by atoms with van der Waals surface area (Å²) >= 11 is 0. The lowest BCUT2D eigenvalue weighted by Crippen LogP contribution is -2.59. The van der Waals surface area contributed by atoms with E-state index in [-0.39, 0.29) is 50.2 Å². The number of fused-ring (bicyclic) bond motifs is 2. The molecular weight excluding hydrogens is 386 g/mol. The second-order valence-corrected chi connectivity index (χ2v) is 7.36. The molecule has 2 heterocycles. The van der Waals surface area contributed by atoms with E-state index in [0.717, 1.165) is 11.1 Å². The van der Waals surface area contributed by atoms with Gasteiger partial charge in [0.05, 0.1) is 24.2 Å². The molecule has 1 fully saturated rings. The molecule has 30 heavy (non-hydrogen) atoms. The maximum absolute atomic E-state index is 13.2. The third kappa shape index (κ3) is 3.76. The second-order valence-electron chi connectivity index (χ2n) is 7.36. The Kier molecular flexibility index (Phi) is 5.22. The summed E-state index contributed by atoms with van der Waals surface area (Å²) in [4.78, 5) is 52.0. The zero-order chi connectivity index (χ0) is 21.3. The molecule has 4 rings (SSSR count). The summed E-state index contributed by atoms with van der Waals surface area (Å²) in [6, 6.07) is 14.2. The fraction of sp³-hybridized carbons (Fsp3) is 0.273. The van der Waals surface area contributed by atoms with E-state index in [1.165, 1.54) is 9.80 Å². The van der Waals surface area contributed by atoms with Crippen LogP contribution in [0.4, 0.5) is 5.69 Å². The molecule has 2 aliphatic heterocycles. The highest BCUT2D eigenvalue weighted by Gasteiger charge is 2.40. The maximum atomic E-state index is 13.2. The van der Waals surface area contributed by atoms with Crippen LogP contribution in [0.2, 0.25) is 0 Å². The van der Waals surface area contributed by atoms with Crippen molar-refractivity contribution in [3.63, 3.8) is 0 Å². The highest BCUT2D eigenvalue weighted by Crippen LogP contribution is 2.30. The maximum Gasteiger partial charge on any atom is 0.303 e. The normalized spacial score (nSPS) is 18.2. The van der Waals surface area contributed by atoms with Crippen LogP contribution in [0.25, 0.3) is 11.1 Å². The highest BCUT2D eigenvalue weighted by molar-refractivity contribution is 6.10. The van der Waals surface area contributed by atoms with Crippen LogP contribution in [-0.4, -0.2) is 64.3 Å². The summed E-state index contributed by atoms with van der Waals surface area (Å²) in [7, 11) is 0.